The van der Waals surface area contributed by atoms with Crippen LogP contribution in [0.1, 0.15) is 59.3 Å². The van der Waals surface area contributed by atoms with E-state index in [0.717, 1.165) is 30.7 Å². The molecule has 3 heterocycles. The zero-order chi connectivity index (χ0) is 30.5. The molecule has 3 saturated heterocycles. The number of amides is 3. The second kappa shape index (κ2) is 13.7. The van der Waals surface area contributed by atoms with E-state index >= 15 is 0 Å². The van der Waals surface area contributed by atoms with Crippen LogP contribution in [-0.4, -0.2) is 87.6 Å². The van der Waals surface area contributed by atoms with Gasteiger partial charge in [0.25, 0.3) is 0 Å². The van der Waals surface area contributed by atoms with E-state index in [4.69, 9.17) is 4.74 Å². The van der Waals surface area contributed by atoms with Gasteiger partial charge in [0.05, 0.1) is 23.2 Å². The number of likely N-dealkylation sites (tertiary alicyclic amines) is 1. The molecule has 2 unspecified atom stereocenters. The van der Waals surface area contributed by atoms with Gasteiger partial charge in [-0.3, -0.25) is 14.4 Å². The van der Waals surface area contributed by atoms with E-state index in [1.807, 2.05) is 36.1 Å². The Morgan fingerprint density at radius 1 is 1.10 bits per heavy atom. The number of hydrogen-bond acceptors (Lipinski definition) is 6. The van der Waals surface area contributed by atoms with Crippen LogP contribution in [0, 0.1) is 11.8 Å². The molecular weight excluding hydrogens is 550 g/mol. The summed E-state index contributed by atoms with van der Waals surface area (Å²) in [5, 5.41) is 9.46. The van der Waals surface area contributed by atoms with Crippen molar-refractivity contribution in [2.24, 2.45) is 11.8 Å². The molecule has 1 N–H and O–H groups in total. The number of rotatable bonds is 16. The zero-order valence-corrected chi connectivity index (χ0v) is 26.2. The molecule has 4 rings (SSSR count). The molecule has 3 fully saturated rings. The number of anilines is 1. The Kier molecular flexibility index (Phi) is 10.5. The summed E-state index contributed by atoms with van der Waals surface area (Å²) in [5.74, 6) is -0.708. The number of nitrogens with zero attached hydrogens (tertiary/aromatic N) is 3. The van der Waals surface area contributed by atoms with Crippen LogP contribution in [0.25, 0.3) is 0 Å². The Labute approximate surface area is 255 Å². The topological polar surface area (TPSA) is 90.4 Å². The Bertz CT molecular complexity index is 1160. The lowest BCUT2D eigenvalue weighted by atomic mass is 9.66. The van der Waals surface area contributed by atoms with Crippen molar-refractivity contribution in [1.29, 1.82) is 0 Å². The van der Waals surface area contributed by atoms with Crippen molar-refractivity contribution in [2.75, 3.05) is 44.3 Å². The minimum atomic E-state index is -0.674. The van der Waals surface area contributed by atoms with Crippen LogP contribution in [0.3, 0.4) is 0 Å². The van der Waals surface area contributed by atoms with Gasteiger partial charge in [0.15, 0.2) is 0 Å². The first-order valence-electron chi connectivity index (χ1n) is 15.4. The molecule has 3 aliphatic heterocycles. The van der Waals surface area contributed by atoms with Crippen molar-refractivity contribution in [3.8, 4) is 5.75 Å². The number of aliphatic hydroxyl groups is 1. The van der Waals surface area contributed by atoms with Crippen LogP contribution >= 0.6 is 11.8 Å². The first-order valence-corrected chi connectivity index (χ1v) is 16.2. The van der Waals surface area contributed by atoms with Crippen molar-refractivity contribution >= 4 is 35.2 Å². The van der Waals surface area contributed by atoms with Crippen LogP contribution in [0.5, 0.6) is 5.75 Å². The van der Waals surface area contributed by atoms with Gasteiger partial charge >= 0.3 is 0 Å². The molecule has 1 spiro atoms. The smallest absolute Gasteiger partial charge is 0.247 e. The fourth-order valence-corrected chi connectivity index (χ4v) is 9.54. The van der Waals surface area contributed by atoms with Gasteiger partial charge in [0.1, 0.15) is 11.8 Å². The summed E-state index contributed by atoms with van der Waals surface area (Å²) in [7, 11) is 0. The Hall–Kier alpha value is -2.78. The molecule has 0 aromatic heterocycles. The summed E-state index contributed by atoms with van der Waals surface area (Å²) in [6.45, 7) is 16.2. The second-order valence-corrected chi connectivity index (χ2v) is 13.7. The van der Waals surface area contributed by atoms with Gasteiger partial charge in [0.2, 0.25) is 17.7 Å². The number of ether oxygens (including phenoxy) is 1. The third-order valence-corrected chi connectivity index (χ3v) is 11.0. The van der Waals surface area contributed by atoms with Gasteiger partial charge in [0, 0.05) is 43.2 Å². The Morgan fingerprint density at radius 2 is 1.81 bits per heavy atom. The minimum absolute atomic E-state index is 0.0286. The monoisotopic (exact) mass is 597 g/mol. The third kappa shape index (κ3) is 5.74. The molecule has 0 radical (unpaired) electrons. The highest BCUT2D eigenvalue weighted by Gasteiger charge is 2.77. The molecule has 3 amide bonds. The average molecular weight is 598 g/mol. The summed E-state index contributed by atoms with van der Waals surface area (Å²) in [4.78, 5) is 48.7. The quantitative estimate of drug-likeness (QED) is 0.220. The van der Waals surface area contributed by atoms with E-state index < -0.39 is 27.4 Å². The molecule has 3 aliphatic rings. The lowest BCUT2D eigenvalue weighted by Gasteiger charge is -2.38. The maximum atomic E-state index is 14.6. The standard InChI is InChI=1S/C33H47N3O5S/c1-6-10-21-34(19-7-2)31(40)28-33-18-17-32(5,42-33)26(27(33)30(39)36(28)22-11-12-23-37)29(38)35(20-8-3)24-13-15-25(16-14-24)41-9-4/h7-8,13-16,26-28,37H,2-3,6,9-12,17-23H2,1,4-5H3/t26-,27-,28?,32+,33?/m0/s1. The highest BCUT2D eigenvalue weighted by Crippen LogP contribution is 2.71. The fraction of sp³-hybridized carbons (Fsp3) is 0.606. The minimum Gasteiger partial charge on any atom is -0.494 e. The first kappa shape index (κ1) is 32.1. The van der Waals surface area contributed by atoms with E-state index in [0.29, 0.717) is 52.0 Å². The molecule has 9 heteroatoms. The van der Waals surface area contributed by atoms with Crippen molar-refractivity contribution in [1.82, 2.24) is 9.80 Å². The number of aliphatic hydroxyl groups excluding tert-OH is 1. The molecule has 5 atom stereocenters. The lowest BCUT2D eigenvalue weighted by molar-refractivity contribution is -0.143. The Balaban J connectivity index is 1.74. The van der Waals surface area contributed by atoms with E-state index in [9.17, 15) is 19.5 Å². The summed E-state index contributed by atoms with van der Waals surface area (Å²) in [5.41, 5.74) is 0.725. The largest absolute Gasteiger partial charge is 0.494 e. The first-order chi connectivity index (χ1) is 20.2. The fourth-order valence-electron chi connectivity index (χ4n) is 7.19. The number of fused-ring (bicyclic) bond motifs is 1. The van der Waals surface area contributed by atoms with E-state index in [1.54, 1.807) is 33.7 Å². The number of hydrogen-bond donors (Lipinski definition) is 1. The predicted octanol–water partition coefficient (Wildman–Crippen LogP) is 4.67. The lowest BCUT2D eigenvalue weighted by Crippen LogP contribution is -2.55. The molecule has 0 aliphatic carbocycles. The summed E-state index contributed by atoms with van der Waals surface area (Å²) in [6, 6.07) is 6.80. The van der Waals surface area contributed by atoms with Crippen LogP contribution in [-0.2, 0) is 14.4 Å². The van der Waals surface area contributed by atoms with Gasteiger partial charge in [-0.15, -0.1) is 24.9 Å². The molecule has 230 valence electrons. The van der Waals surface area contributed by atoms with E-state index in [-0.39, 0.29) is 24.3 Å². The van der Waals surface area contributed by atoms with Crippen LogP contribution in [0.4, 0.5) is 5.69 Å². The van der Waals surface area contributed by atoms with Crippen LogP contribution in [0.15, 0.2) is 49.6 Å². The normalized spacial score (nSPS) is 27.6. The number of benzene rings is 1. The SMILES string of the molecule is C=CCN(CCCC)C(=O)C1N(CCCCO)C(=O)[C@@H]2[C@@H](C(=O)N(CC=C)c3ccc(OCC)cc3)[C@@]3(C)CCC12S3. The number of unbranched alkanes of at least 4 members (excludes halogenated alkanes) is 2. The summed E-state index contributed by atoms with van der Waals surface area (Å²) >= 11 is 1.69. The molecule has 1 aromatic carbocycles. The maximum absolute atomic E-state index is 14.6. The van der Waals surface area contributed by atoms with Crippen molar-refractivity contribution in [3.05, 3.63) is 49.6 Å². The van der Waals surface area contributed by atoms with Crippen molar-refractivity contribution in [3.63, 3.8) is 0 Å². The molecule has 1 aromatic rings. The molecule has 8 nitrogen and oxygen atoms in total. The maximum Gasteiger partial charge on any atom is 0.247 e. The third-order valence-electron chi connectivity index (χ3n) is 9.06. The van der Waals surface area contributed by atoms with E-state index in [1.165, 1.54) is 0 Å². The predicted molar refractivity (Wildman–Crippen MR) is 169 cm³/mol. The molecular formula is C33H47N3O5S. The van der Waals surface area contributed by atoms with Crippen molar-refractivity contribution < 1.29 is 24.2 Å². The second-order valence-electron chi connectivity index (χ2n) is 11.8. The zero-order valence-electron chi connectivity index (χ0n) is 25.4. The number of thioether (sulfide) groups is 1. The van der Waals surface area contributed by atoms with Gasteiger partial charge in [-0.2, -0.15) is 0 Å². The Morgan fingerprint density at radius 3 is 2.43 bits per heavy atom. The van der Waals surface area contributed by atoms with Crippen LogP contribution < -0.4 is 9.64 Å². The number of carbonyl (C=O) groups excluding carboxylic acids is 3. The molecule has 2 bridgehead atoms. The van der Waals surface area contributed by atoms with E-state index in [2.05, 4.69) is 27.0 Å². The van der Waals surface area contributed by atoms with Crippen LogP contribution in [0.2, 0.25) is 0 Å². The molecule has 0 saturated carbocycles. The summed E-state index contributed by atoms with van der Waals surface area (Å²) in [6.07, 6.45) is 7.88. The van der Waals surface area contributed by atoms with Gasteiger partial charge in [-0.25, -0.2) is 0 Å². The van der Waals surface area contributed by atoms with Gasteiger partial charge in [-0.1, -0.05) is 25.5 Å². The van der Waals surface area contributed by atoms with Gasteiger partial charge < -0.3 is 24.5 Å². The summed E-state index contributed by atoms with van der Waals surface area (Å²) < 4.78 is 4.46. The van der Waals surface area contributed by atoms with Crippen molar-refractivity contribution in [2.45, 2.75) is 74.8 Å². The average Bonchev–Trinajstić information content (AvgIpc) is 3.55. The number of carbonyl (C=O) groups is 3. The highest BCUT2D eigenvalue weighted by molar-refractivity contribution is 8.02. The highest BCUT2D eigenvalue weighted by atomic mass is 32.2. The molecule has 42 heavy (non-hydrogen) atoms. The van der Waals surface area contributed by atoms with Gasteiger partial charge in [-0.05, 0) is 70.2 Å².